The number of nitrogens with one attached hydrogen (secondary N) is 1. The molecule has 180 valence electrons. The molecule has 0 saturated carbocycles. The molecule has 1 N–H and O–H groups in total. The molecule has 0 atom stereocenters. The number of hydrogen-bond acceptors (Lipinski definition) is 6. The lowest BCUT2D eigenvalue weighted by Gasteiger charge is -2.19. The van der Waals surface area contributed by atoms with Crippen LogP contribution in [-0.2, 0) is 10.0 Å². The van der Waals surface area contributed by atoms with Gasteiger partial charge in [0.15, 0.2) is 22.8 Å². The van der Waals surface area contributed by atoms with Gasteiger partial charge < -0.3 is 18.8 Å². The molecule has 2 aliphatic rings. The molecule has 1 amide bonds. The average Bonchev–Trinajstić information content (AvgIpc) is 3.26. The van der Waals surface area contributed by atoms with E-state index < -0.39 is 10.0 Å². The van der Waals surface area contributed by atoms with E-state index in [1.807, 2.05) is 24.8 Å². The number of sulfonamides is 1. The fourth-order valence-corrected chi connectivity index (χ4v) is 6.15. The highest BCUT2D eigenvalue weighted by Crippen LogP contribution is 2.38. The first-order chi connectivity index (χ1) is 16.3. The van der Waals surface area contributed by atoms with Crippen LogP contribution in [-0.4, -0.2) is 39.1 Å². The van der Waals surface area contributed by atoms with Gasteiger partial charge in [0.1, 0.15) is 4.90 Å². The van der Waals surface area contributed by atoms with Crippen molar-refractivity contribution in [3.63, 3.8) is 0 Å². The summed E-state index contributed by atoms with van der Waals surface area (Å²) in [6.07, 6.45) is 4.13. The second kappa shape index (κ2) is 8.54. The molecule has 34 heavy (non-hydrogen) atoms. The topological polar surface area (TPSA) is 98.1 Å². The quantitative estimate of drug-likeness (QED) is 0.565. The van der Waals surface area contributed by atoms with Gasteiger partial charge in [-0.2, -0.15) is 0 Å². The Kier molecular flexibility index (Phi) is 5.67. The van der Waals surface area contributed by atoms with Gasteiger partial charge in [-0.15, -0.1) is 0 Å². The number of furan rings is 1. The smallest absolute Gasteiger partial charge is 0.289 e. The second-order valence-electron chi connectivity index (χ2n) is 8.96. The predicted molar refractivity (Wildman–Crippen MR) is 128 cm³/mol. The molecule has 0 spiro atoms. The van der Waals surface area contributed by atoms with Crippen LogP contribution in [0.5, 0.6) is 11.5 Å². The van der Waals surface area contributed by atoms with Gasteiger partial charge in [-0.05, 0) is 62.9 Å². The number of carbonyl (C=O) groups is 1. The fraction of sp³-hybridized carbons (Fsp3) is 0.400. The standard InChI is InChI=1S/C25H28N2O6S/c1-15-12-19-17(3)22(25(28)27-10-6-4-5-7-11-27)33-23(19)24(16(15)2)34(29,30)26-18-8-9-20-21(13-18)32-14-31-20/h8-9,12-13,26H,4-7,10-11,14H2,1-3H3. The van der Waals surface area contributed by atoms with Crippen LogP contribution < -0.4 is 14.2 Å². The molecular formula is C25H28N2O6S. The molecule has 5 rings (SSSR count). The first-order valence-corrected chi connectivity index (χ1v) is 13.0. The van der Waals surface area contributed by atoms with Gasteiger partial charge in [0.05, 0.1) is 5.69 Å². The Morgan fingerprint density at radius 3 is 2.38 bits per heavy atom. The summed E-state index contributed by atoms with van der Waals surface area (Å²) in [7, 11) is -4.04. The minimum Gasteiger partial charge on any atom is -0.454 e. The second-order valence-corrected chi connectivity index (χ2v) is 10.6. The number of likely N-dealkylation sites (tertiary alicyclic amines) is 1. The molecular weight excluding hydrogens is 456 g/mol. The number of amides is 1. The number of aryl methyl sites for hydroxylation is 2. The number of benzene rings is 2. The van der Waals surface area contributed by atoms with E-state index in [2.05, 4.69) is 4.72 Å². The van der Waals surface area contributed by atoms with Crippen molar-refractivity contribution >= 4 is 32.6 Å². The Morgan fingerprint density at radius 1 is 0.941 bits per heavy atom. The van der Waals surface area contributed by atoms with E-state index in [-0.39, 0.29) is 28.9 Å². The maximum absolute atomic E-state index is 13.6. The normalized spacial score (nSPS) is 16.0. The van der Waals surface area contributed by atoms with E-state index in [1.165, 1.54) is 0 Å². The lowest BCUT2D eigenvalue weighted by molar-refractivity contribution is 0.0730. The van der Waals surface area contributed by atoms with Crippen LogP contribution in [0.2, 0.25) is 0 Å². The SMILES string of the molecule is Cc1cc2c(C)c(C(=O)N3CCCCCC3)oc2c(S(=O)(=O)Nc2ccc3c(c2)OCO3)c1C. The Hall–Kier alpha value is -3.20. The number of anilines is 1. The van der Waals surface area contributed by atoms with E-state index in [4.69, 9.17) is 13.9 Å². The number of fused-ring (bicyclic) bond motifs is 2. The van der Waals surface area contributed by atoms with Gasteiger partial charge in [0.2, 0.25) is 6.79 Å². The molecule has 8 nitrogen and oxygen atoms in total. The van der Waals surface area contributed by atoms with Crippen molar-refractivity contribution in [2.45, 2.75) is 51.3 Å². The van der Waals surface area contributed by atoms with Gasteiger partial charge in [-0.1, -0.05) is 12.8 Å². The molecule has 1 aromatic heterocycles. The lowest BCUT2D eigenvalue weighted by Crippen LogP contribution is -2.31. The predicted octanol–water partition coefficient (Wildman–Crippen LogP) is 4.90. The van der Waals surface area contributed by atoms with Crippen molar-refractivity contribution in [1.82, 2.24) is 4.90 Å². The summed E-state index contributed by atoms with van der Waals surface area (Å²) in [5.74, 6) is 1.07. The molecule has 0 aliphatic carbocycles. The van der Waals surface area contributed by atoms with Crippen molar-refractivity contribution in [1.29, 1.82) is 0 Å². The molecule has 3 heterocycles. The summed E-state index contributed by atoms with van der Waals surface area (Å²) in [5, 5.41) is 0.632. The van der Waals surface area contributed by atoms with Gasteiger partial charge in [-0.25, -0.2) is 8.42 Å². The van der Waals surface area contributed by atoms with E-state index >= 15 is 0 Å². The van der Waals surface area contributed by atoms with E-state index in [0.717, 1.165) is 31.2 Å². The highest BCUT2D eigenvalue weighted by Gasteiger charge is 2.30. The third-order valence-electron chi connectivity index (χ3n) is 6.67. The maximum atomic E-state index is 13.6. The molecule has 0 bridgehead atoms. The van der Waals surface area contributed by atoms with Crippen molar-refractivity contribution in [2.24, 2.45) is 0 Å². The Labute approximate surface area is 198 Å². The zero-order valence-electron chi connectivity index (χ0n) is 19.6. The molecule has 9 heteroatoms. The largest absolute Gasteiger partial charge is 0.454 e. The lowest BCUT2D eigenvalue weighted by atomic mass is 10.0. The highest BCUT2D eigenvalue weighted by molar-refractivity contribution is 7.93. The summed E-state index contributed by atoms with van der Waals surface area (Å²) >= 11 is 0. The van der Waals surface area contributed by atoms with Crippen LogP contribution in [0.4, 0.5) is 5.69 Å². The van der Waals surface area contributed by atoms with Crippen LogP contribution >= 0.6 is 0 Å². The van der Waals surface area contributed by atoms with E-state index in [9.17, 15) is 13.2 Å². The molecule has 3 aromatic rings. The highest BCUT2D eigenvalue weighted by atomic mass is 32.2. The van der Waals surface area contributed by atoms with Gasteiger partial charge in [0, 0.05) is 30.1 Å². The van der Waals surface area contributed by atoms with Crippen molar-refractivity contribution in [2.75, 3.05) is 24.6 Å². The van der Waals surface area contributed by atoms with Gasteiger partial charge in [-0.3, -0.25) is 9.52 Å². The van der Waals surface area contributed by atoms with Crippen LogP contribution in [0, 0.1) is 20.8 Å². The first kappa shape index (κ1) is 22.6. The summed E-state index contributed by atoms with van der Waals surface area (Å²) in [6.45, 7) is 6.89. The Balaban J connectivity index is 1.58. The number of ether oxygens (including phenoxy) is 2. The summed E-state index contributed by atoms with van der Waals surface area (Å²) < 4.78 is 46.5. The van der Waals surface area contributed by atoms with Crippen LogP contribution in [0.15, 0.2) is 33.6 Å². The van der Waals surface area contributed by atoms with Crippen LogP contribution in [0.1, 0.15) is 52.9 Å². The zero-order valence-corrected chi connectivity index (χ0v) is 20.4. The molecule has 0 radical (unpaired) electrons. The average molecular weight is 485 g/mol. The molecule has 2 aliphatic heterocycles. The Morgan fingerprint density at radius 2 is 1.65 bits per heavy atom. The Bertz CT molecular complexity index is 1380. The van der Waals surface area contributed by atoms with E-state index in [1.54, 1.807) is 25.1 Å². The first-order valence-electron chi connectivity index (χ1n) is 11.5. The van der Waals surface area contributed by atoms with Gasteiger partial charge in [0.25, 0.3) is 15.9 Å². The molecule has 1 saturated heterocycles. The maximum Gasteiger partial charge on any atom is 0.289 e. The third kappa shape index (κ3) is 3.87. The number of hydrogen-bond donors (Lipinski definition) is 1. The van der Waals surface area contributed by atoms with Crippen LogP contribution in [0.25, 0.3) is 11.0 Å². The van der Waals surface area contributed by atoms with E-state index in [0.29, 0.717) is 46.8 Å². The zero-order chi connectivity index (χ0) is 24.0. The molecule has 1 fully saturated rings. The third-order valence-corrected chi connectivity index (χ3v) is 8.21. The number of carbonyl (C=O) groups excluding carboxylic acids is 1. The number of rotatable bonds is 4. The summed E-state index contributed by atoms with van der Waals surface area (Å²) in [6, 6.07) is 6.76. The minimum atomic E-state index is -4.04. The van der Waals surface area contributed by atoms with Gasteiger partial charge >= 0.3 is 0 Å². The van der Waals surface area contributed by atoms with Crippen molar-refractivity contribution in [3.8, 4) is 11.5 Å². The van der Waals surface area contributed by atoms with Crippen LogP contribution in [0.3, 0.4) is 0 Å². The minimum absolute atomic E-state index is 0.0400. The number of nitrogens with zero attached hydrogens (tertiary/aromatic N) is 1. The summed E-state index contributed by atoms with van der Waals surface area (Å²) in [5.41, 5.74) is 2.58. The van der Waals surface area contributed by atoms with Crippen molar-refractivity contribution < 1.29 is 27.1 Å². The fourth-order valence-electron chi connectivity index (χ4n) is 4.65. The molecule has 2 aromatic carbocycles. The summed E-state index contributed by atoms with van der Waals surface area (Å²) in [4.78, 5) is 15.2. The molecule has 0 unspecified atom stereocenters. The van der Waals surface area contributed by atoms with Crippen molar-refractivity contribution in [3.05, 3.63) is 46.7 Å². The monoisotopic (exact) mass is 484 g/mol.